The van der Waals surface area contributed by atoms with Gasteiger partial charge >= 0.3 is 12.1 Å². The number of hydrogen-bond donors (Lipinski definition) is 1. The molecule has 0 bridgehead atoms. The molecule has 1 aliphatic rings. The summed E-state index contributed by atoms with van der Waals surface area (Å²) in [6.07, 6.45) is -0.596. The number of carboxylic acids is 1. The molecule has 0 aromatic rings. The Kier molecular flexibility index (Phi) is 4.41. The van der Waals surface area contributed by atoms with Crippen LogP contribution < -0.4 is 0 Å². The van der Waals surface area contributed by atoms with Crippen molar-refractivity contribution in [3.05, 3.63) is 0 Å². The predicted octanol–water partition coefficient (Wildman–Crippen LogP) is 0.173. The minimum atomic E-state index is -0.893. The third kappa shape index (κ3) is 3.78. The molecule has 1 heterocycles. The first-order valence-corrected chi connectivity index (χ1v) is 5.53. The molecule has 0 radical (unpaired) electrons. The number of imide groups is 1. The zero-order chi connectivity index (χ0) is 11.3. The molecule has 0 atom stereocenters. The Bertz CT molecular complexity index is 280. The Labute approximate surface area is 90.6 Å². The van der Waals surface area contributed by atoms with Crippen molar-refractivity contribution in [2.75, 3.05) is 24.7 Å². The third-order valence-corrected chi connectivity index (χ3v) is 2.69. The minimum Gasteiger partial charge on any atom is -0.481 e. The molecule has 0 aliphatic carbocycles. The molecule has 1 fully saturated rings. The van der Waals surface area contributed by atoms with Crippen LogP contribution in [-0.2, 0) is 14.3 Å². The molecular weight excluding hydrogens is 222 g/mol. The van der Waals surface area contributed by atoms with Gasteiger partial charge in [0.05, 0.1) is 18.7 Å². The molecule has 6 nitrogen and oxygen atoms in total. The molecule has 1 saturated heterocycles. The van der Waals surface area contributed by atoms with E-state index in [0.29, 0.717) is 5.75 Å². The van der Waals surface area contributed by atoms with E-state index < -0.39 is 12.1 Å². The van der Waals surface area contributed by atoms with Crippen LogP contribution in [0.25, 0.3) is 0 Å². The van der Waals surface area contributed by atoms with Crippen LogP contribution in [0.1, 0.15) is 6.42 Å². The summed E-state index contributed by atoms with van der Waals surface area (Å²) in [7, 11) is 0. The molecule has 15 heavy (non-hydrogen) atoms. The van der Waals surface area contributed by atoms with Crippen LogP contribution in [0.5, 0.6) is 0 Å². The van der Waals surface area contributed by atoms with Gasteiger partial charge in [-0.15, -0.1) is 0 Å². The lowest BCUT2D eigenvalue weighted by Crippen LogP contribution is -2.33. The van der Waals surface area contributed by atoms with Gasteiger partial charge in [0, 0.05) is 5.75 Å². The second kappa shape index (κ2) is 5.59. The molecule has 0 spiro atoms. The molecule has 1 aliphatic heterocycles. The van der Waals surface area contributed by atoms with Crippen molar-refractivity contribution < 1.29 is 24.2 Å². The van der Waals surface area contributed by atoms with Gasteiger partial charge in [-0.2, -0.15) is 11.8 Å². The van der Waals surface area contributed by atoms with Gasteiger partial charge in [0.15, 0.2) is 0 Å². The van der Waals surface area contributed by atoms with Crippen LogP contribution in [0.4, 0.5) is 4.79 Å². The summed E-state index contributed by atoms with van der Waals surface area (Å²) in [6.45, 7) is 0.529. The molecule has 0 aromatic heterocycles. The molecule has 0 unspecified atom stereocenters. The van der Waals surface area contributed by atoms with Crippen LogP contribution in [0.2, 0.25) is 0 Å². The summed E-state index contributed by atoms with van der Waals surface area (Å²) in [4.78, 5) is 33.5. The maximum atomic E-state index is 11.4. The number of carbonyl (C=O) groups excluding carboxylic acids is 2. The second-order valence-corrected chi connectivity index (χ2v) is 3.96. The van der Waals surface area contributed by atoms with Gasteiger partial charge in [0.2, 0.25) is 5.91 Å². The van der Waals surface area contributed by atoms with Gasteiger partial charge in [-0.1, -0.05) is 0 Å². The quantitative estimate of drug-likeness (QED) is 0.681. The van der Waals surface area contributed by atoms with Crippen molar-refractivity contribution in [3.8, 4) is 0 Å². The number of rotatable bonds is 5. The Balaban J connectivity index is 2.18. The van der Waals surface area contributed by atoms with Gasteiger partial charge in [-0.05, 0) is 0 Å². The summed E-state index contributed by atoms with van der Waals surface area (Å²) < 4.78 is 4.59. The van der Waals surface area contributed by atoms with Crippen LogP contribution in [-0.4, -0.2) is 52.6 Å². The number of aliphatic carboxylic acids is 1. The summed E-state index contributed by atoms with van der Waals surface area (Å²) >= 11 is 1.20. The Morgan fingerprint density at radius 2 is 2.27 bits per heavy atom. The van der Waals surface area contributed by atoms with E-state index in [1.807, 2.05) is 0 Å². The first-order valence-electron chi connectivity index (χ1n) is 4.38. The normalized spacial score (nSPS) is 15.2. The highest BCUT2D eigenvalue weighted by Crippen LogP contribution is 2.09. The first kappa shape index (κ1) is 11.8. The van der Waals surface area contributed by atoms with Gasteiger partial charge in [0.25, 0.3) is 0 Å². The van der Waals surface area contributed by atoms with Crippen LogP contribution >= 0.6 is 11.8 Å². The predicted molar refractivity (Wildman–Crippen MR) is 52.6 cm³/mol. The summed E-state index contributed by atoms with van der Waals surface area (Å²) in [5.74, 6) is -0.741. The lowest BCUT2D eigenvalue weighted by atomic mass is 10.5. The second-order valence-electron chi connectivity index (χ2n) is 2.86. The van der Waals surface area contributed by atoms with E-state index in [-0.39, 0.29) is 31.2 Å². The number of thioether (sulfide) groups is 1. The average Bonchev–Trinajstić information content (AvgIpc) is 2.58. The lowest BCUT2D eigenvalue weighted by molar-refractivity contribution is -0.136. The average molecular weight is 233 g/mol. The van der Waals surface area contributed by atoms with Crippen molar-refractivity contribution in [1.29, 1.82) is 0 Å². The van der Waals surface area contributed by atoms with E-state index in [1.165, 1.54) is 11.8 Å². The van der Waals surface area contributed by atoms with E-state index in [4.69, 9.17) is 5.11 Å². The van der Waals surface area contributed by atoms with Crippen LogP contribution in [0, 0.1) is 0 Å². The molecule has 0 saturated carbocycles. The fourth-order valence-electron chi connectivity index (χ4n) is 1.02. The van der Waals surface area contributed by atoms with Crippen LogP contribution in [0.15, 0.2) is 0 Å². The Morgan fingerprint density at radius 1 is 1.53 bits per heavy atom. The third-order valence-electron chi connectivity index (χ3n) is 1.75. The van der Waals surface area contributed by atoms with Gasteiger partial charge in [-0.25, -0.2) is 9.69 Å². The van der Waals surface area contributed by atoms with E-state index in [9.17, 15) is 14.4 Å². The van der Waals surface area contributed by atoms with E-state index in [2.05, 4.69) is 4.74 Å². The molecule has 2 amide bonds. The molecule has 7 heteroatoms. The Morgan fingerprint density at radius 3 is 2.80 bits per heavy atom. The Hall–Kier alpha value is -1.24. The maximum Gasteiger partial charge on any atom is 0.416 e. The van der Waals surface area contributed by atoms with Gasteiger partial charge in [-0.3, -0.25) is 9.59 Å². The standard InChI is InChI=1S/C8H11NO5S/c10-6(5-15-4-1-7(11)12)9-2-3-14-8(9)13/h1-5H2,(H,11,12). The van der Waals surface area contributed by atoms with Gasteiger partial charge < -0.3 is 9.84 Å². The number of cyclic esters (lactones) is 1. The number of carboxylic acid groups (broad SMARTS) is 1. The van der Waals surface area contributed by atoms with Crippen molar-refractivity contribution in [3.63, 3.8) is 0 Å². The fraction of sp³-hybridized carbons (Fsp3) is 0.625. The smallest absolute Gasteiger partial charge is 0.416 e. The van der Waals surface area contributed by atoms with E-state index in [1.54, 1.807) is 0 Å². The minimum absolute atomic E-state index is 0.0163. The van der Waals surface area contributed by atoms with E-state index in [0.717, 1.165) is 4.90 Å². The zero-order valence-electron chi connectivity index (χ0n) is 7.97. The molecule has 1 N–H and O–H groups in total. The fourth-order valence-corrected chi connectivity index (χ4v) is 1.81. The SMILES string of the molecule is O=C(O)CCSCC(=O)N1CCOC1=O. The number of amides is 2. The summed E-state index contributed by atoms with van der Waals surface area (Å²) in [6, 6.07) is 0. The van der Waals surface area contributed by atoms with Crippen molar-refractivity contribution in [2.45, 2.75) is 6.42 Å². The number of ether oxygens (including phenoxy) is 1. The summed E-state index contributed by atoms with van der Waals surface area (Å²) in [5, 5.41) is 8.35. The summed E-state index contributed by atoms with van der Waals surface area (Å²) in [5.41, 5.74) is 0. The van der Waals surface area contributed by atoms with Crippen LogP contribution in [0.3, 0.4) is 0 Å². The highest BCUT2D eigenvalue weighted by Gasteiger charge is 2.27. The van der Waals surface area contributed by atoms with Crippen molar-refractivity contribution in [1.82, 2.24) is 4.90 Å². The molecular formula is C8H11NO5S. The van der Waals surface area contributed by atoms with Gasteiger partial charge in [0.1, 0.15) is 6.61 Å². The lowest BCUT2D eigenvalue weighted by Gasteiger charge is -2.09. The number of nitrogens with zero attached hydrogens (tertiary/aromatic N) is 1. The number of hydrogen-bond acceptors (Lipinski definition) is 5. The van der Waals surface area contributed by atoms with Crippen molar-refractivity contribution in [2.24, 2.45) is 0 Å². The van der Waals surface area contributed by atoms with E-state index >= 15 is 0 Å². The molecule has 1 rings (SSSR count). The highest BCUT2D eigenvalue weighted by atomic mass is 32.2. The number of carbonyl (C=O) groups is 3. The topological polar surface area (TPSA) is 83.9 Å². The van der Waals surface area contributed by atoms with Crippen molar-refractivity contribution >= 4 is 29.7 Å². The zero-order valence-corrected chi connectivity index (χ0v) is 8.79. The largest absolute Gasteiger partial charge is 0.481 e. The molecule has 0 aromatic carbocycles. The highest BCUT2D eigenvalue weighted by molar-refractivity contribution is 7.99. The maximum absolute atomic E-state index is 11.4. The first-order chi connectivity index (χ1) is 7.11. The molecule has 84 valence electrons. The monoisotopic (exact) mass is 233 g/mol.